The average molecular weight is 387 g/mol. The van der Waals surface area contributed by atoms with E-state index in [2.05, 4.69) is 10.2 Å². The smallest absolute Gasteiger partial charge is 0.293 e. The number of carbonyl (C=O) groups excluding carboxylic acids is 3. The van der Waals surface area contributed by atoms with Gasteiger partial charge in [0.2, 0.25) is 5.91 Å². The lowest BCUT2D eigenvalue weighted by molar-refractivity contribution is -0.132. The van der Waals surface area contributed by atoms with E-state index in [1.165, 1.54) is 11.3 Å². The molecule has 1 saturated heterocycles. The summed E-state index contributed by atoms with van der Waals surface area (Å²) in [6, 6.07) is 11.1. The van der Waals surface area contributed by atoms with E-state index in [0.29, 0.717) is 31.1 Å². The summed E-state index contributed by atoms with van der Waals surface area (Å²) in [5, 5.41) is 4.15. The summed E-state index contributed by atoms with van der Waals surface area (Å²) in [5.41, 5.74) is 1.08. The van der Waals surface area contributed by atoms with Gasteiger partial charge in [-0.3, -0.25) is 14.4 Å². The molecule has 0 atom stereocenters. The first kappa shape index (κ1) is 18.9. The second-order valence-electron chi connectivity index (χ2n) is 6.05. The van der Waals surface area contributed by atoms with Gasteiger partial charge in [0.1, 0.15) is 5.75 Å². The molecular weight excluding hydrogens is 366 g/mol. The molecule has 7 nitrogen and oxygen atoms in total. The lowest BCUT2D eigenvalue weighted by Gasteiger charge is -2.36. The van der Waals surface area contributed by atoms with E-state index >= 15 is 0 Å². The van der Waals surface area contributed by atoms with Gasteiger partial charge in [-0.1, -0.05) is 6.07 Å². The first-order valence-corrected chi connectivity index (χ1v) is 9.49. The van der Waals surface area contributed by atoms with Crippen LogP contribution in [0.3, 0.4) is 0 Å². The van der Waals surface area contributed by atoms with E-state index in [1.807, 2.05) is 24.3 Å². The van der Waals surface area contributed by atoms with Gasteiger partial charge in [0.15, 0.2) is 0 Å². The maximum Gasteiger partial charge on any atom is 0.293 e. The summed E-state index contributed by atoms with van der Waals surface area (Å²) >= 11 is 1.20. The van der Waals surface area contributed by atoms with E-state index < -0.39 is 11.7 Å². The Labute approximate surface area is 161 Å². The largest absolute Gasteiger partial charge is 0.497 e. The number of nitrogens with one attached hydrogen (secondary N) is 1. The molecule has 0 spiro atoms. The molecule has 142 valence electrons. The first-order chi connectivity index (χ1) is 13.1. The Morgan fingerprint density at radius 2 is 1.78 bits per heavy atom. The second kappa shape index (κ2) is 8.68. The van der Waals surface area contributed by atoms with E-state index in [-0.39, 0.29) is 12.5 Å². The summed E-state index contributed by atoms with van der Waals surface area (Å²) in [6.07, 6.45) is 0. The molecule has 2 heterocycles. The van der Waals surface area contributed by atoms with E-state index in [9.17, 15) is 14.4 Å². The maximum absolute atomic E-state index is 12.3. The van der Waals surface area contributed by atoms with Gasteiger partial charge in [-0.2, -0.15) is 0 Å². The summed E-state index contributed by atoms with van der Waals surface area (Å²) < 4.78 is 5.16. The van der Waals surface area contributed by atoms with Gasteiger partial charge >= 0.3 is 0 Å². The molecule has 27 heavy (non-hydrogen) atoms. The number of ether oxygens (including phenoxy) is 1. The third-order valence-corrected chi connectivity index (χ3v) is 5.29. The number of piperazine rings is 1. The number of amides is 2. The fraction of sp³-hybridized carbons (Fsp3) is 0.316. The summed E-state index contributed by atoms with van der Waals surface area (Å²) in [6.45, 7) is 2.39. The molecule has 1 N–H and O–H groups in total. The van der Waals surface area contributed by atoms with Crippen LogP contribution in [0.1, 0.15) is 9.67 Å². The molecule has 2 amide bonds. The Morgan fingerprint density at radius 1 is 1.07 bits per heavy atom. The predicted molar refractivity (Wildman–Crippen MR) is 103 cm³/mol. The highest BCUT2D eigenvalue weighted by atomic mass is 32.1. The minimum absolute atomic E-state index is 0.168. The van der Waals surface area contributed by atoms with Crippen molar-refractivity contribution in [2.45, 2.75) is 0 Å². The highest BCUT2D eigenvalue weighted by Gasteiger charge is 2.23. The van der Waals surface area contributed by atoms with Crippen molar-refractivity contribution in [1.29, 1.82) is 0 Å². The normalized spacial score (nSPS) is 14.0. The van der Waals surface area contributed by atoms with Crippen LogP contribution in [0.5, 0.6) is 5.75 Å². The van der Waals surface area contributed by atoms with Gasteiger partial charge in [-0.05, 0) is 35.7 Å². The number of carbonyl (C=O) groups is 3. The molecule has 1 aliphatic heterocycles. The van der Waals surface area contributed by atoms with E-state index in [1.54, 1.807) is 29.5 Å². The highest BCUT2D eigenvalue weighted by Crippen LogP contribution is 2.20. The van der Waals surface area contributed by atoms with Crippen LogP contribution in [-0.2, 0) is 9.59 Å². The Morgan fingerprint density at radius 3 is 2.37 bits per heavy atom. The molecule has 3 rings (SSSR count). The molecule has 2 aromatic rings. The van der Waals surface area contributed by atoms with Crippen LogP contribution in [-0.4, -0.2) is 62.3 Å². The summed E-state index contributed by atoms with van der Waals surface area (Å²) in [7, 11) is 1.63. The molecule has 1 fully saturated rings. The van der Waals surface area contributed by atoms with Crippen LogP contribution >= 0.6 is 11.3 Å². The zero-order valence-electron chi connectivity index (χ0n) is 15.0. The molecule has 1 aliphatic rings. The SMILES string of the molecule is COc1ccc(N2CCN(C(=O)CNC(=O)C(=O)c3cccs3)CC2)cc1. The minimum Gasteiger partial charge on any atom is -0.497 e. The lowest BCUT2D eigenvalue weighted by atomic mass is 10.2. The Bertz CT molecular complexity index is 797. The number of ketones is 1. The van der Waals surface area contributed by atoms with Crippen LogP contribution in [0.2, 0.25) is 0 Å². The molecule has 1 aromatic heterocycles. The Hall–Kier alpha value is -2.87. The van der Waals surface area contributed by atoms with Crippen LogP contribution in [0.25, 0.3) is 0 Å². The fourth-order valence-electron chi connectivity index (χ4n) is 2.87. The summed E-state index contributed by atoms with van der Waals surface area (Å²) in [5.74, 6) is -0.734. The van der Waals surface area contributed by atoms with Crippen molar-refractivity contribution in [3.63, 3.8) is 0 Å². The lowest BCUT2D eigenvalue weighted by Crippen LogP contribution is -2.51. The molecule has 8 heteroatoms. The molecule has 0 aliphatic carbocycles. The van der Waals surface area contributed by atoms with Crippen molar-refractivity contribution in [2.75, 3.05) is 44.7 Å². The second-order valence-corrected chi connectivity index (χ2v) is 7.00. The van der Waals surface area contributed by atoms with Crippen molar-refractivity contribution in [2.24, 2.45) is 0 Å². The molecule has 0 bridgehead atoms. The standard InChI is InChI=1S/C19H21N3O4S/c1-26-15-6-4-14(5-7-15)21-8-10-22(11-9-21)17(23)13-20-19(25)18(24)16-3-2-12-27-16/h2-7,12H,8-11,13H2,1H3,(H,20,25). The first-order valence-electron chi connectivity index (χ1n) is 8.61. The number of hydrogen-bond acceptors (Lipinski definition) is 6. The van der Waals surface area contributed by atoms with Crippen molar-refractivity contribution >= 4 is 34.6 Å². The van der Waals surface area contributed by atoms with Crippen LogP contribution in [0.15, 0.2) is 41.8 Å². The molecule has 0 radical (unpaired) electrons. The number of benzene rings is 1. The number of methoxy groups -OCH3 is 1. The summed E-state index contributed by atoms with van der Waals surface area (Å²) in [4.78, 5) is 40.3. The molecule has 0 unspecified atom stereocenters. The number of nitrogens with zero attached hydrogens (tertiary/aromatic N) is 2. The van der Waals surface area contributed by atoms with Gasteiger partial charge in [0.05, 0.1) is 18.5 Å². The zero-order chi connectivity index (χ0) is 19.2. The predicted octanol–water partition coefficient (Wildman–Crippen LogP) is 1.40. The third kappa shape index (κ3) is 4.65. The van der Waals surface area contributed by atoms with Crippen LogP contribution in [0.4, 0.5) is 5.69 Å². The van der Waals surface area contributed by atoms with E-state index in [4.69, 9.17) is 4.74 Å². The van der Waals surface area contributed by atoms with Crippen LogP contribution < -0.4 is 15.0 Å². The van der Waals surface area contributed by atoms with Crippen molar-refractivity contribution in [1.82, 2.24) is 10.2 Å². The van der Waals surface area contributed by atoms with Gasteiger partial charge in [-0.15, -0.1) is 11.3 Å². The Kier molecular flexibility index (Phi) is 6.08. The van der Waals surface area contributed by atoms with Gasteiger partial charge in [0.25, 0.3) is 11.7 Å². The topological polar surface area (TPSA) is 79.0 Å². The fourth-order valence-corrected chi connectivity index (χ4v) is 3.54. The maximum atomic E-state index is 12.3. The number of anilines is 1. The van der Waals surface area contributed by atoms with Crippen molar-refractivity contribution in [3.8, 4) is 5.75 Å². The minimum atomic E-state index is -0.748. The van der Waals surface area contributed by atoms with Crippen LogP contribution in [0, 0.1) is 0 Å². The molecule has 1 aromatic carbocycles. The van der Waals surface area contributed by atoms with Gasteiger partial charge < -0.3 is 19.9 Å². The zero-order valence-corrected chi connectivity index (χ0v) is 15.8. The van der Waals surface area contributed by atoms with Gasteiger partial charge in [-0.25, -0.2) is 0 Å². The number of Topliss-reactive ketones (excluding diaryl/α,β-unsaturated/α-hetero) is 1. The highest BCUT2D eigenvalue weighted by molar-refractivity contribution is 7.13. The number of thiophene rings is 1. The van der Waals surface area contributed by atoms with Crippen molar-refractivity contribution < 1.29 is 19.1 Å². The van der Waals surface area contributed by atoms with Gasteiger partial charge in [0, 0.05) is 31.9 Å². The quantitative estimate of drug-likeness (QED) is 0.599. The average Bonchev–Trinajstić information content (AvgIpc) is 3.26. The monoisotopic (exact) mass is 387 g/mol. The molecular formula is C19H21N3O4S. The number of hydrogen-bond donors (Lipinski definition) is 1. The third-order valence-electron chi connectivity index (χ3n) is 4.42. The van der Waals surface area contributed by atoms with Crippen molar-refractivity contribution in [3.05, 3.63) is 46.7 Å². The molecule has 0 saturated carbocycles. The van der Waals surface area contributed by atoms with E-state index in [0.717, 1.165) is 11.4 Å². The Balaban J connectivity index is 1.45. The number of rotatable bonds is 6.